The van der Waals surface area contributed by atoms with Crippen LogP contribution in [0.5, 0.6) is 40.2 Å². The van der Waals surface area contributed by atoms with Crippen molar-refractivity contribution in [1.82, 2.24) is 0 Å². The molecule has 6 rings (SSSR count). The molecule has 5 N–H and O–H groups in total. The van der Waals surface area contributed by atoms with Crippen LogP contribution in [0.3, 0.4) is 0 Å². The van der Waals surface area contributed by atoms with Crippen molar-refractivity contribution in [2.24, 2.45) is 0 Å². The Hall–Kier alpha value is -5.64. The topological polar surface area (TPSA) is 167 Å². The van der Waals surface area contributed by atoms with Crippen LogP contribution in [-0.4, -0.2) is 38.4 Å². The van der Waals surface area contributed by atoms with Gasteiger partial charge in [-0.1, -0.05) is 6.07 Å². The molecule has 0 spiro atoms. The average Bonchev–Trinajstić information content (AvgIpc) is 2.95. The van der Waals surface area contributed by atoms with Gasteiger partial charge in [-0.3, -0.25) is 9.59 Å². The molecule has 0 saturated heterocycles. The Balaban J connectivity index is 1.51. The molecule has 0 bridgehead atoms. The largest absolute Gasteiger partial charge is 0.508 e. The summed E-state index contributed by atoms with van der Waals surface area (Å²) in [5.74, 6) is -1.29. The minimum absolute atomic E-state index is 0.00873. The molecule has 0 amide bonds. The maximum atomic E-state index is 13.1. The van der Waals surface area contributed by atoms with Crippen LogP contribution in [0.25, 0.3) is 33.4 Å². The number of carbonyl (C=O) groups excluding carboxylic acids is 1. The van der Waals surface area contributed by atoms with E-state index < -0.39 is 23.0 Å². The molecule has 1 aliphatic heterocycles. The molecule has 10 heteroatoms. The fraction of sp³-hybridized carbons (Fsp3) is 0.125. The highest BCUT2D eigenvalue weighted by Crippen LogP contribution is 2.48. The van der Waals surface area contributed by atoms with Gasteiger partial charge in [-0.05, 0) is 48.9 Å². The van der Waals surface area contributed by atoms with Gasteiger partial charge in [0.05, 0.1) is 19.1 Å². The molecule has 0 aliphatic carbocycles. The van der Waals surface area contributed by atoms with E-state index in [-0.39, 0.29) is 68.6 Å². The van der Waals surface area contributed by atoms with Crippen LogP contribution in [0.4, 0.5) is 0 Å². The maximum Gasteiger partial charge on any atom is 0.197 e. The molecule has 212 valence electrons. The summed E-state index contributed by atoms with van der Waals surface area (Å²) in [6, 6.07) is 14.0. The van der Waals surface area contributed by atoms with Gasteiger partial charge in [-0.15, -0.1) is 0 Å². The first-order valence-electron chi connectivity index (χ1n) is 12.8. The highest BCUT2D eigenvalue weighted by molar-refractivity contribution is 6.04. The number of phenolic OH excluding ortho intramolecular Hbond substituents is 5. The summed E-state index contributed by atoms with van der Waals surface area (Å²) in [5.41, 5.74) is 0.529. The number of carbonyl (C=O) groups is 1. The highest BCUT2D eigenvalue weighted by atomic mass is 16.5. The zero-order valence-corrected chi connectivity index (χ0v) is 22.3. The fourth-order valence-corrected chi connectivity index (χ4v) is 5.23. The molecule has 5 aromatic rings. The second-order valence-corrected chi connectivity index (χ2v) is 9.95. The van der Waals surface area contributed by atoms with Gasteiger partial charge in [0.15, 0.2) is 16.8 Å². The number of ketones is 1. The lowest BCUT2D eigenvalue weighted by atomic mass is 9.91. The number of hydrogen-bond acceptors (Lipinski definition) is 10. The van der Waals surface area contributed by atoms with E-state index in [1.54, 1.807) is 13.0 Å². The Morgan fingerprint density at radius 2 is 1.57 bits per heavy atom. The summed E-state index contributed by atoms with van der Waals surface area (Å²) >= 11 is 0. The lowest BCUT2D eigenvalue weighted by molar-refractivity contribution is 0.0844. The van der Waals surface area contributed by atoms with Crippen LogP contribution < -0.4 is 14.9 Å². The third-order valence-electron chi connectivity index (χ3n) is 7.38. The standard InChI is InChI=1S/C32H24O10/c1-14-24(40-2)13-27-30(31(14)39)23(38)12-26(41-27)16-5-8-19(34)18(9-16)28-20(35)10-21(36)29-22(37)11-25(42-32(28)29)15-3-6-17(33)7-4-15/h3-11,13,26,33-36,39H,12H2,1-2H3/t26-/m0/s1. The van der Waals surface area contributed by atoms with Gasteiger partial charge in [-0.25, -0.2) is 0 Å². The number of phenols is 5. The van der Waals surface area contributed by atoms with Gasteiger partial charge >= 0.3 is 0 Å². The van der Waals surface area contributed by atoms with Crippen LogP contribution >= 0.6 is 0 Å². The summed E-state index contributed by atoms with van der Waals surface area (Å²) in [6.07, 6.45) is -0.958. The first-order chi connectivity index (χ1) is 20.1. The predicted molar refractivity (Wildman–Crippen MR) is 152 cm³/mol. The van der Waals surface area contributed by atoms with E-state index in [4.69, 9.17) is 13.9 Å². The molecule has 0 unspecified atom stereocenters. The lowest BCUT2D eigenvalue weighted by Gasteiger charge is -2.27. The van der Waals surface area contributed by atoms with Crippen molar-refractivity contribution >= 4 is 16.8 Å². The van der Waals surface area contributed by atoms with Gasteiger partial charge in [0.1, 0.15) is 63.1 Å². The SMILES string of the molecule is COc1cc2c(c(O)c1C)C(=O)C[C@@H](c1ccc(O)c(-c3c(O)cc(O)c4c(=O)cc(-c5ccc(O)cc5)oc34)c1)O2. The Kier molecular flexibility index (Phi) is 6.18. The Morgan fingerprint density at radius 1 is 0.833 bits per heavy atom. The number of hydrogen-bond donors (Lipinski definition) is 5. The average molecular weight is 569 g/mol. The first-order valence-corrected chi connectivity index (χ1v) is 12.8. The zero-order valence-electron chi connectivity index (χ0n) is 22.3. The molecule has 10 nitrogen and oxygen atoms in total. The second kappa shape index (κ2) is 9.77. The smallest absolute Gasteiger partial charge is 0.197 e. The van der Waals surface area contributed by atoms with Gasteiger partial charge < -0.3 is 39.4 Å². The molecule has 1 aliphatic rings. The molecular weight excluding hydrogens is 544 g/mol. The lowest BCUT2D eigenvalue weighted by Crippen LogP contribution is -2.21. The van der Waals surface area contributed by atoms with Crippen molar-refractivity contribution in [3.05, 3.63) is 87.6 Å². The number of methoxy groups -OCH3 is 1. The van der Waals surface area contributed by atoms with Crippen molar-refractivity contribution in [2.45, 2.75) is 19.4 Å². The minimum atomic E-state index is -0.832. The summed E-state index contributed by atoms with van der Waals surface area (Å²) in [7, 11) is 1.43. The molecule has 4 aromatic carbocycles. The van der Waals surface area contributed by atoms with Gasteiger partial charge in [-0.2, -0.15) is 0 Å². The predicted octanol–water partition coefficient (Wildman–Crippen LogP) is 5.68. The Morgan fingerprint density at radius 3 is 2.29 bits per heavy atom. The third kappa shape index (κ3) is 4.21. The summed E-state index contributed by atoms with van der Waals surface area (Å²) in [5, 5.41) is 52.4. The molecule has 2 heterocycles. The van der Waals surface area contributed by atoms with E-state index in [1.165, 1.54) is 55.6 Å². The zero-order chi connectivity index (χ0) is 29.9. The van der Waals surface area contributed by atoms with Gasteiger partial charge in [0.25, 0.3) is 0 Å². The molecule has 0 radical (unpaired) electrons. The van der Waals surface area contributed by atoms with Crippen molar-refractivity contribution in [3.63, 3.8) is 0 Å². The number of Topliss-reactive ketones (excluding diaryl/α,β-unsaturated/α-hetero) is 1. The summed E-state index contributed by atoms with van der Waals surface area (Å²) < 4.78 is 17.4. The monoisotopic (exact) mass is 568 g/mol. The normalized spacial score (nSPS) is 14.4. The molecule has 42 heavy (non-hydrogen) atoms. The molecule has 0 fully saturated rings. The third-order valence-corrected chi connectivity index (χ3v) is 7.38. The number of benzene rings is 4. The van der Waals surface area contributed by atoms with Crippen molar-refractivity contribution < 1.29 is 44.2 Å². The van der Waals surface area contributed by atoms with Crippen LogP contribution in [0.15, 0.2) is 69.9 Å². The molecule has 0 saturated carbocycles. The Bertz CT molecular complexity index is 1970. The van der Waals surface area contributed by atoms with E-state index in [2.05, 4.69) is 0 Å². The minimum Gasteiger partial charge on any atom is -0.508 e. The molecular formula is C32H24O10. The number of fused-ring (bicyclic) bond motifs is 2. The summed E-state index contributed by atoms with van der Waals surface area (Å²) in [6.45, 7) is 1.62. The quantitative estimate of drug-likeness (QED) is 0.182. The van der Waals surface area contributed by atoms with Crippen LogP contribution in [-0.2, 0) is 0 Å². The van der Waals surface area contributed by atoms with Crippen LogP contribution in [0.1, 0.15) is 34.0 Å². The van der Waals surface area contributed by atoms with E-state index in [0.717, 1.165) is 6.07 Å². The summed E-state index contributed by atoms with van der Waals surface area (Å²) in [4.78, 5) is 26.2. The number of rotatable bonds is 4. The van der Waals surface area contributed by atoms with Crippen molar-refractivity contribution in [2.75, 3.05) is 7.11 Å². The van der Waals surface area contributed by atoms with E-state index in [0.29, 0.717) is 22.4 Å². The Labute approximate surface area is 237 Å². The van der Waals surface area contributed by atoms with E-state index >= 15 is 0 Å². The highest BCUT2D eigenvalue weighted by Gasteiger charge is 2.33. The number of ether oxygens (including phenoxy) is 2. The number of aromatic hydroxyl groups is 5. The molecule has 1 atom stereocenters. The van der Waals surface area contributed by atoms with Crippen LogP contribution in [0, 0.1) is 6.92 Å². The van der Waals surface area contributed by atoms with E-state index in [1.807, 2.05) is 0 Å². The fourth-order valence-electron chi connectivity index (χ4n) is 5.23. The molecule has 1 aromatic heterocycles. The van der Waals surface area contributed by atoms with E-state index in [9.17, 15) is 35.1 Å². The van der Waals surface area contributed by atoms with Gasteiger partial charge in [0, 0.05) is 34.9 Å². The van der Waals surface area contributed by atoms with Crippen molar-refractivity contribution in [1.29, 1.82) is 0 Å². The second-order valence-electron chi connectivity index (χ2n) is 9.95. The van der Waals surface area contributed by atoms with Gasteiger partial charge in [0.2, 0.25) is 0 Å². The first kappa shape index (κ1) is 26.6. The van der Waals surface area contributed by atoms with Crippen LogP contribution in [0.2, 0.25) is 0 Å². The maximum absolute atomic E-state index is 13.1. The van der Waals surface area contributed by atoms with Crippen molar-refractivity contribution in [3.8, 4) is 62.7 Å².